The Morgan fingerprint density at radius 3 is 2.21 bits per heavy atom. The van der Waals surface area contributed by atoms with E-state index in [1.54, 1.807) is 19.2 Å². The Morgan fingerprint density at radius 2 is 1.58 bits per heavy atom. The highest BCUT2D eigenvalue weighted by atomic mass is 35.5. The molecule has 0 saturated heterocycles. The average molecular weight is 342 g/mol. The number of hydrogen-bond acceptors (Lipinski definition) is 2. The quantitative estimate of drug-likeness (QED) is 0.579. The first kappa shape index (κ1) is 16.3. The van der Waals surface area contributed by atoms with Crippen molar-refractivity contribution in [3.63, 3.8) is 0 Å². The van der Waals surface area contributed by atoms with Crippen LogP contribution in [0.25, 0.3) is 0 Å². The van der Waals surface area contributed by atoms with E-state index < -0.39 is 0 Å². The molecule has 0 aliphatic heterocycles. The highest BCUT2D eigenvalue weighted by Crippen LogP contribution is 2.33. The molecule has 122 valence electrons. The van der Waals surface area contributed by atoms with Crippen molar-refractivity contribution in [3.8, 4) is 5.75 Å². The maximum absolute atomic E-state index is 13.3. The van der Waals surface area contributed by atoms with Crippen molar-refractivity contribution in [1.29, 1.82) is 0 Å². The van der Waals surface area contributed by atoms with Gasteiger partial charge in [0.15, 0.2) is 0 Å². The Kier molecular flexibility index (Phi) is 5.02. The lowest BCUT2D eigenvalue weighted by molar-refractivity contribution is 0.414. The van der Waals surface area contributed by atoms with Crippen molar-refractivity contribution >= 4 is 23.0 Å². The normalized spacial score (nSPS) is 10.5. The predicted molar refractivity (Wildman–Crippen MR) is 96.7 cm³/mol. The molecular weight excluding hydrogens is 325 g/mol. The third-order valence-corrected chi connectivity index (χ3v) is 4.10. The highest BCUT2D eigenvalue weighted by Gasteiger charge is 2.13. The van der Waals surface area contributed by atoms with Crippen LogP contribution in [0.15, 0.2) is 72.8 Å². The predicted octanol–water partition coefficient (Wildman–Crippen LogP) is 5.83. The molecule has 0 heterocycles. The summed E-state index contributed by atoms with van der Waals surface area (Å²) in [4.78, 5) is 2.06. The zero-order valence-electron chi connectivity index (χ0n) is 13.2. The molecule has 0 bridgehead atoms. The molecule has 3 aromatic carbocycles. The van der Waals surface area contributed by atoms with Gasteiger partial charge in [-0.2, -0.15) is 0 Å². The lowest BCUT2D eigenvalue weighted by Crippen LogP contribution is -2.16. The lowest BCUT2D eigenvalue weighted by atomic mass is 10.1. The number of anilines is 2. The van der Waals surface area contributed by atoms with E-state index in [1.807, 2.05) is 48.5 Å². The Bertz CT molecular complexity index is 803. The first-order valence-electron chi connectivity index (χ1n) is 7.58. The Balaban J connectivity index is 1.98. The van der Waals surface area contributed by atoms with Crippen LogP contribution in [0.4, 0.5) is 15.8 Å². The van der Waals surface area contributed by atoms with E-state index in [4.69, 9.17) is 16.3 Å². The maximum Gasteiger partial charge on any atom is 0.123 e. The second-order valence-electron chi connectivity index (χ2n) is 5.36. The monoisotopic (exact) mass is 341 g/mol. The van der Waals surface area contributed by atoms with Crippen molar-refractivity contribution in [3.05, 3.63) is 89.2 Å². The summed E-state index contributed by atoms with van der Waals surface area (Å²) in [5, 5.41) is 0.648. The molecule has 0 N–H and O–H groups in total. The minimum absolute atomic E-state index is 0.262. The maximum atomic E-state index is 13.3. The molecule has 0 saturated carbocycles. The molecule has 2 nitrogen and oxygen atoms in total. The zero-order valence-corrected chi connectivity index (χ0v) is 14.0. The van der Waals surface area contributed by atoms with Crippen LogP contribution in [-0.4, -0.2) is 7.11 Å². The molecule has 0 unspecified atom stereocenters. The molecule has 0 spiro atoms. The molecule has 3 aromatic rings. The van der Waals surface area contributed by atoms with E-state index >= 15 is 0 Å². The van der Waals surface area contributed by atoms with E-state index in [0.717, 1.165) is 22.7 Å². The first-order valence-corrected chi connectivity index (χ1v) is 7.96. The summed E-state index contributed by atoms with van der Waals surface area (Å²) in [6, 6.07) is 21.9. The number of benzene rings is 3. The van der Waals surface area contributed by atoms with Crippen LogP contribution in [0.2, 0.25) is 5.02 Å². The number of ether oxygens (including phenoxy) is 1. The molecule has 3 rings (SSSR count). The Hall–Kier alpha value is -2.52. The molecule has 4 heteroatoms. The van der Waals surface area contributed by atoms with Crippen LogP contribution >= 0.6 is 11.6 Å². The lowest BCUT2D eigenvalue weighted by Gasteiger charge is -2.26. The van der Waals surface area contributed by atoms with E-state index in [1.165, 1.54) is 12.1 Å². The highest BCUT2D eigenvalue weighted by molar-refractivity contribution is 6.33. The summed E-state index contributed by atoms with van der Waals surface area (Å²) in [7, 11) is 1.64. The van der Waals surface area contributed by atoms with E-state index in [-0.39, 0.29) is 5.82 Å². The topological polar surface area (TPSA) is 12.5 Å². The molecule has 0 amide bonds. The summed E-state index contributed by atoms with van der Waals surface area (Å²) >= 11 is 6.38. The molecule has 0 fully saturated rings. The van der Waals surface area contributed by atoms with Gasteiger partial charge in [-0.3, -0.25) is 0 Å². The number of rotatable bonds is 5. The van der Waals surface area contributed by atoms with Crippen molar-refractivity contribution in [2.75, 3.05) is 12.0 Å². The van der Waals surface area contributed by atoms with Gasteiger partial charge in [0.05, 0.1) is 17.8 Å². The van der Waals surface area contributed by atoms with Crippen molar-refractivity contribution < 1.29 is 9.13 Å². The summed E-state index contributed by atoms with van der Waals surface area (Å²) in [6.45, 7) is 0.610. The van der Waals surface area contributed by atoms with E-state index in [2.05, 4.69) is 4.90 Å². The van der Waals surface area contributed by atoms with Crippen molar-refractivity contribution in [2.24, 2.45) is 0 Å². The van der Waals surface area contributed by atoms with Crippen LogP contribution < -0.4 is 9.64 Å². The number of nitrogens with zero attached hydrogens (tertiary/aromatic N) is 1. The van der Waals surface area contributed by atoms with Gasteiger partial charge in [-0.25, -0.2) is 4.39 Å². The smallest absolute Gasteiger partial charge is 0.123 e. The third-order valence-electron chi connectivity index (χ3n) is 3.78. The van der Waals surface area contributed by atoms with Gasteiger partial charge in [-0.15, -0.1) is 0 Å². The SMILES string of the molecule is COc1ccc(CN(c2ccc(F)cc2)c2ccccc2Cl)cc1. The largest absolute Gasteiger partial charge is 0.497 e. The van der Waals surface area contributed by atoms with Crippen LogP contribution in [0.5, 0.6) is 5.75 Å². The summed E-state index contributed by atoms with van der Waals surface area (Å²) < 4.78 is 18.5. The van der Waals surface area contributed by atoms with Crippen molar-refractivity contribution in [2.45, 2.75) is 6.54 Å². The average Bonchev–Trinajstić information content (AvgIpc) is 2.62. The van der Waals surface area contributed by atoms with E-state index in [9.17, 15) is 4.39 Å². The van der Waals surface area contributed by atoms with Gasteiger partial charge in [0, 0.05) is 12.2 Å². The molecule has 0 aliphatic carbocycles. The molecule has 0 atom stereocenters. The fourth-order valence-corrected chi connectivity index (χ4v) is 2.76. The van der Waals surface area contributed by atoms with Crippen LogP contribution in [0.1, 0.15) is 5.56 Å². The van der Waals surface area contributed by atoms with Gasteiger partial charge in [-0.1, -0.05) is 35.9 Å². The summed E-state index contributed by atoms with van der Waals surface area (Å²) in [6.07, 6.45) is 0. The van der Waals surface area contributed by atoms with Gasteiger partial charge in [0.25, 0.3) is 0 Å². The molecule has 24 heavy (non-hydrogen) atoms. The number of para-hydroxylation sites is 1. The fourth-order valence-electron chi connectivity index (χ4n) is 2.52. The number of halogens is 2. The Morgan fingerprint density at radius 1 is 0.917 bits per heavy atom. The standard InChI is InChI=1S/C20H17ClFNO/c1-24-18-12-6-15(7-13-18)14-23(17-10-8-16(22)9-11-17)20-5-3-2-4-19(20)21/h2-13H,14H2,1H3. The van der Waals surface area contributed by atoms with Gasteiger partial charge in [-0.05, 0) is 54.1 Å². The van der Waals surface area contributed by atoms with Gasteiger partial charge < -0.3 is 9.64 Å². The summed E-state index contributed by atoms with van der Waals surface area (Å²) in [5.41, 5.74) is 2.85. The first-order chi connectivity index (χ1) is 11.7. The number of methoxy groups -OCH3 is 1. The van der Waals surface area contributed by atoms with Gasteiger partial charge in [0.2, 0.25) is 0 Å². The zero-order chi connectivity index (χ0) is 16.9. The van der Waals surface area contributed by atoms with Gasteiger partial charge >= 0.3 is 0 Å². The fraction of sp³-hybridized carbons (Fsp3) is 0.100. The van der Waals surface area contributed by atoms with Crippen LogP contribution in [-0.2, 0) is 6.54 Å². The molecule has 0 radical (unpaired) electrons. The van der Waals surface area contributed by atoms with Crippen molar-refractivity contribution in [1.82, 2.24) is 0 Å². The Labute approximate surface area is 146 Å². The minimum Gasteiger partial charge on any atom is -0.497 e. The number of hydrogen-bond donors (Lipinski definition) is 0. The molecular formula is C20H17ClFNO. The van der Waals surface area contributed by atoms with E-state index in [0.29, 0.717) is 11.6 Å². The molecule has 0 aromatic heterocycles. The van der Waals surface area contributed by atoms with Crippen LogP contribution in [0.3, 0.4) is 0 Å². The molecule has 0 aliphatic rings. The third kappa shape index (κ3) is 3.69. The minimum atomic E-state index is -0.262. The van der Waals surface area contributed by atoms with Gasteiger partial charge in [0.1, 0.15) is 11.6 Å². The second-order valence-corrected chi connectivity index (χ2v) is 5.77. The summed E-state index contributed by atoms with van der Waals surface area (Å²) in [5.74, 6) is 0.548. The van der Waals surface area contributed by atoms with Crippen LogP contribution in [0, 0.1) is 5.82 Å². The second kappa shape index (κ2) is 7.37.